The van der Waals surface area contributed by atoms with Crippen LogP contribution in [0.1, 0.15) is 50.8 Å². The summed E-state index contributed by atoms with van der Waals surface area (Å²) in [7, 11) is 0. The van der Waals surface area contributed by atoms with Crippen LogP contribution < -0.4 is 5.32 Å². The van der Waals surface area contributed by atoms with Crippen molar-refractivity contribution in [2.45, 2.75) is 64.5 Å². The summed E-state index contributed by atoms with van der Waals surface area (Å²) in [5, 5.41) is 6.00. The van der Waals surface area contributed by atoms with Gasteiger partial charge >= 0.3 is 0 Å². The van der Waals surface area contributed by atoms with Crippen molar-refractivity contribution < 1.29 is 0 Å². The number of nitrogens with one attached hydrogen (secondary N) is 1. The fraction of sp³-hybridized carbons (Fsp3) is 0.733. The minimum Gasteiger partial charge on any atom is -0.311 e. The first-order valence-corrected chi connectivity index (χ1v) is 7.90. The Morgan fingerprint density at radius 1 is 1.35 bits per heavy atom. The molecule has 1 fully saturated rings. The highest BCUT2D eigenvalue weighted by molar-refractivity contribution is 7.09. The molecule has 1 aromatic heterocycles. The van der Waals surface area contributed by atoms with Gasteiger partial charge in [0.15, 0.2) is 0 Å². The van der Waals surface area contributed by atoms with Gasteiger partial charge in [-0.2, -0.15) is 0 Å². The molecule has 1 saturated carbocycles. The highest BCUT2D eigenvalue weighted by Crippen LogP contribution is 2.23. The predicted octanol–water partition coefficient (Wildman–Crippen LogP) is 4.24. The SMILES string of the molecule is CC1CCCC(NC(C)Cc2cccs2)CC1. The quantitative estimate of drug-likeness (QED) is 0.789. The van der Waals surface area contributed by atoms with Crippen molar-refractivity contribution in [3.8, 4) is 0 Å². The maximum absolute atomic E-state index is 3.82. The second-order valence-corrected chi connectivity index (χ2v) is 6.69. The van der Waals surface area contributed by atoms with Crippen molar-refractivity contribution in [2.75, 3.05) is 0 Å². The average molecular weight is 251 g/mol. The van der Waals surface area contributed by atoms with Gasteiger partial charge in [0.2, 0.25) is 0 Å². The fourth-order valence-corrected chi connectivity index (χ4v) is 3.68. The van der Waals surface area contributed by atoms with Crippen molar-refractivity contribution in [1.82, 2.24) is 5.32 Å². The summed E-state index contributed by atoms with van der Waals surface area (Å²) in [6.07, 6.45) is 8.17. The first-order chi connectivity index (χ1) is 8.24. The minimum absolute atomic E-state index is 0.618. The molecule has 2 heteroatoms. The second kappa shape index (κ2) is 6.55. The number of hydrogen-bond donors (Lipinski definition) is 1. The molecule has 0 amide bonds. The normalized spacial score (nSPS) is 27.6. The van der Waals surface area contributed by atoms with E-state index in [4.69, 9.17) is 0 Å². The third-order valence-electron chi connectivity index (χ3n) is 3.87. The van der Waals surface area contributed by atoms with Crippen LogP contribution in [0.25, 0.3) is 0 Å². The molecule has 1 aliphatic rings. The second-order valence-electron chi connectivity index (χ2n) is 5.66. The third-order valence-corrected chi connectivity index (χ3v) is 4.76. The van der Waals surface area contributed by atoms with Crippen LogP contribution in [0.15, 0.2) is 17.5 Å². The largest absolute Gasteiger partial charge is 0.311 e. The van der Waals surface area contributed by atoms with Crippen LogP contribution in [-0.2, 0) is 6.42 Å². The van der Waals surface area contributed by atoms with Crippen LogP contribution >= 0.6 is 11.3 Å². The van der Waals surface area contributed by atoms with Gasteiger partial charge in [-0.05, 0) is 50.0 Å². The van der Waals surface area contributed by atoms with Crippen molar-refractivity contribution >= 4 is 11.3 Å². The van der Waals surface area contributed by atoms with E-state index in [1.54, 1.807) is 0 Å². The highest BCUT2D eigenvalue weighted by atomic mass is 32.1. The number of hydrogen-bond acceptors (Lipinski definition) is 2. The zero-order chi connectivity index (χ0) is 12.1. The van der Waals surface area contributed by atoms with Gasteiger partial charge in [0.25, 0.3) is 0 Å². The number of rotatable bonds is 4. The molecule has 17 heavy (non-hydrogen) atoms. The van der Waals surface area contributed by atoms with Crippen molar-refractivity contribution in [3.05, 3.63) is 22.4 Å². The molecule has 1 aliphatic carbocycles. The predicted molar refractivity (Wildman–Crippen MR) is 76.7 cm³/mol. The van der Waals surface area contributed by atoms with Crippen molar-refractivity contribution in [1.29, 1.82) is 0 Å². The molecule has 3 unspecified atom stereocenters. The van der Waals surface area contributed by atoms with Gasteiger partial charge in [0.05, 0.1) is 0 Å². The zero-order valence-corrected chi connectivity index (χ0v) is 11.9. The molecule has 0 aromatic carbocycles. The lowest BCUT2D eigenvalue weighted by Crippen LogP contribution is -2.37. The van der Waals surface area contributed by atoms with Crippen LogP contribution in [0.3, 0.4) is 0 Å². The minimum atomic E-state index is 0.618. The maximum atomic E-state index is 3.82. The summed E-state index contributed by atoms with van der Waals surface area (Å²) in [5.41, 5.74) is 0. The standard InChI is InChI=1S/C15H25NS/c1-12-5-3-6-14(9-8-12)16-13(2)11-15-7-4-10-17-15/h4,7,10,12-14,16H,3,5-6,8-9,11H2,1-2H3. The Morgan fingerprint density at radius 2 is 2.24 bits per heavy atom. The lowest BCUT2D eigenvalue weighted by molar-refractivity contribution is 0.401. The van der Waals surface area contributed by atoms with Gasteiger partial charge in [-0.25, -0.2) is 0 Å². The Balaban J connectivity index is 1.75. The van der Waals surface area contributed by atoms with Gasteiger partial charge in [-0.15, -0.1) is 11.3 Å². The molecular weight excluding hydrogens is 226 g/mol. The Bertz CT molecular complexity index is 307. The van der Waals surface area contributed by atoms with Crippen molar-refractivity contribution in [3.63, 3.8) is 0 Å². The van der Waals surface area contributed by atoms with E-state index in [-0.39, 0.29) is 0 Å². The first kappa shape index (κ1) is 13.1. The Labute approximate surface area is 110 Å². The van der Waals surface area contributed by atoms with Crippen LogP contribution in [0.4, 0.5) is 0 Å². The molecule has 0 aliphatic heterocycles. The van der Waals surface area contributed by atoms with Crippen molar-refractivity contribution in [2.24, 2.45) is 5.92 Å². The summed E-state index contributed by atoms with van der Waals surface area (Å²) in [6, 6.07) is 5.78. The van der Waals surface area contributed by atoms with Crippen LogP contribution in [0.5, 0.6) is 0 Å². The fourth-order valence-electron chi connectivity index (χ4n) is 2.85. The van der Waals surface area contributed by atoms with Gasteiger partial charge in [-0.3, -0.25) is 0 Å². The smallest absolute Gasteiger partial charge is 0.00896 e. The summed E-state index contributed by atoms with van der Waals surface area (Å²) in [6.45, 7) is 4.73. The lowest BCUT2D eigenvalue weighted by atomic mass is 10.0. The van der Waals surface area contributed by atoms with E-state index in [1.807, 2.05) is 11.3 Å². The van der Waals surface area contributed by atoms with Gasteiger partial charge in [0, 0.05) is 17.0 Å². The van der Waals surface area contributed by atoms with Gasteiger partial charge < -0.3 is 5.32 Å². The highest BCUT2D eigenvalue weighted by Gasteiger charge is 2.17. The van der Waals surface area contributed by atoms with Gasteiger partial charge in [0.1, 0.15) is 0 Å². The molecule has 0 bridgehead atoms. The number of thiophene rings is 1. The lowest BCUT2D eigenvalue weighted by Gasteiger charge is -2.21. The molecule has 1 nitrogen and oxygen atoms in total. The van der Waals surface area contributed by atoms with Gasteiger partial charge in [-0.1, -0.05) is 25.8 Å². The average Bonchev–Trinajstić information content (AvgIpc) is 2.70. The van der Waals surface area contributed by atoms with E-state index >= 15 is 0 Å². The van der Waals surface area contributed by atoms with Crippen LogP contribution in [0, 0.1) is 5.92 Å². The van der Waals surface area contributed by atoms with E-state index in [0.29, 0.717) is 6.04 Å². The molecule has 1 heterocycles. The molecule has 96 valence electrons. The van der Waals surface area contributed by atoms with E-state index in [1.165, 1.54) is 43.4 Å². The Morgan fingerprint density at radius 3 is 3.00 bits per heavy atom. The summed E-state index contributed by atoms with van der Waals surface area (Å²) >= 11 is 1.88. The molecule has 0 spiro atoms. The van der Waals surface area contributed by atoms with E-state index in [2.05, 4.69) is 36.7 Å². The molecular formula is C15H25NS. The van der Waals surface area contributed by atoms with E-state index in [0.717, 1.165) is 12.0 Å². The molecule has 3 atom stereocenters. The first-order valence-electron chi connectivity index (χ1n) is 7.02. The summed E-state index contributed by atoms with van der Waals surface area (Å²) in [4.78, 5) is 1.51. The van der Waals surface area contributed by atoms with E-state index in [9.17, 15) is 0 Å². The van der Waals surface area contributed by atoms with Crippen LogP contribution in [0.2, 0.25) is 0 Å². The van der Waals surface area contributed by atoms with E-state index < -0.39 is 0 Å². The summed E-state index contributed by atoms with van der Waals surface area (Å²) < 4.78 is 0. The monoisotopic (exact) mass is 251 g/mol. The third kappa shape index (κ3) is 4.44. The van der Waals surface area contributed by atoms with Crippen LogP contribution in [-0.4, -0.2) is 12.1 Å². The maximum Gasteiger partial charge on any atom is 0.00896 e. The molecule has 2 rings (SSSR count). The summed E-state index contributed by atoms with van der Waals surface area (Å²) in [5.74, 6) is 0.939. The Kier molecular flexibility index (Phi) is 5.05. The molecule has 0 radical (unpaired) electrons. The topological polar surface area (TPSA) is 12.0 Å². The molecule has 0 saturated heterocycles. The molecule has 1 N–H and O–H groups in total. The zero-order valence-electron chi connectivity index (χ0n) is 11.1. The Hall–Kier alpha value is -0.340. The molecule has 1 aromatic rings.